The first-order valence-corrected chi connectivity index (χ1v) is 11.3. The average Bonchev–Trinajstić information content (AvgIpc) is 3.06. The maximum absolute atomic E-state index is 5.43. The first-order chi connectivity index (χ1) is 14.6. The van der Waals surface area contributed by atoms with E-state index in [2.05, 4.69) is 25.7 Å². The molecule has 1 saturated heterocycles. The van der Waals surface area contributed by atoms with Crippen molar-refractivity contribution in [3.63, 3.8) is 0 Å². The van der Waals surface area contributed by atoms with Gasteiger partial charge in [0, 0.05) is 46.9 Å². The molecule has 1 aliphatic carbocycles. The zero-order valence-electron chi connectivity index (χ0n) is 19.0. The summed E-state index contributed by atoms with van der Waals surface area (Å²) in [5, 5.41) is 15.5. The van der Waals surface area contributed by atoms with Crippen LogP contribution in [0.2, 0.25) is 0 Å². The molecule has 1 saturated carbocycles. The third kappa shape index (κ3) is 6.65. The van der Waals surface area contributed by atoms with E-state index in [1.54, 1.807) is 7.11 Å². The quantitative estimate of drug-likeness (QED) is 0.314. The second-order valence-corrected chi connectivity index (χ2v) is 8.57. The van der Waals surface area contributed by atoms with E-state index in [0.29, 0.717) is 12.0 Å². The molecule has 9 nitrogen and oxygen atoms in total. The molecule has 1 aliphatic heterocycles. The van der Waals surface area contributed by atoms with Crippen LogP contribution in [0, 0.1) is 12.3 Å². The minimum absolute atomic E-state index is 0.341. The van der Waals surface area contributed by atoms with Crippen molar-refractivity contribution in [3.8, 4) is 0 Å². The largest absolute Gasteiger partial charge is 0.385 e. The van der Waals surface area contributed by atoms with Crippen LogP contribution in [0.3, 0.4) is 0 Å². The number of methoxy groups -OCH3 is 1. The van der Waals surface area contributed by atoms with Crippen molar-refractivity contribution < 1.29 is 9.47 Å². The van der Waals surface area contributed by atoms with Gasteiger partial charge in [-0.1, -0.05) is 6.42 Å². The third-order valence-corrected chi connectivity index (χ3v) is 6.49. The molecule has 170 valence electrons. The lowest BCUT2D eigenvalue weighted by molar-refractivity contribution is 0.0376. The molecule has 1 aromatic heterocycles. The number of hydrogen-bond donors (Lipinski definition) is 2. The Labute approximate surface area is 180 Å². The molecule has 0 unspecified atom stereocenters. The van der Waals surface area contributed by atoms with E-state index in [1.807, 2.05) is 18.5 Å². The van der Waals surface area contributed by atoms with Crippen molar-refractivity contribution in [3.05, 3.63) is 11.6 Å². The Morgan fingerprint density at radius 2 is 2.03 bits per heavy atom. The summed E-state index contributed by atoms with van der Waals surface area (Å²) in [6.07, 6.45) is 6.01. The van der Waals surface area contributed by atoms with Crippen LogP contribution in [0.25, 0.3) is 0 Å². The fourth-order valence-electron chi connectivity index (χ4n) is 4.03. The highest BCUT2D eigenvalue weighted by molar-refractivity contribution is 5.79. The van der Waals surface area contributed by atoms with E-state index >= 15 is 0 Å². The highest BCUT2D eigenvalue weighted by atomic mass is 16.5. The summed E-state index contributed by atoms with van der Waals surface area (Å²) in [5.74, 6) is 2.64. The van der Waals surface area contributed by atoms with Crippen LogP contribution < -0.4 is 10.6 Å². The van der Waals surface area contributed by atoms with Gasteiger partial charge in [-0.3, -0.25) is 4.90 Å². The second kappa shape index (κ2) is 11.6. The number of aryl methyl sites for hydroxylation is 1. The van der Waals surface area contributed by atoms with Crippen molar-refractivity contribution in [2.45, 2.75) is 45.6 Å². The minimum Gasteiger partial charge on any atom is -0.385 e. The summed E-state index contributed by atoms with van der Waals surface area (Å²) in [5.41, 5.74) is 0.341. The van der Waals surface area contributed by atoms with Gasteiger partial charge < -0.3 is 24.7 Å². The van der Waals surface area contributed by atoms with Gasteiger partial charge in [-0.15, -0.1) is 10.2 Å². The summed E-state index contributed by atoms with van der Waals surface area (Å²) in [4.78, 5) is 7.26. The first-order valence-electron chi connectivity index (χ1n) is 11.3. The molecule has 9 heteroatoms. The highest BCUT2D eigenvalue weighted by Crippen LogP contribution is 2.43. The van der Waals surface area contributed by atoms with Crippen molar-refractivity contribution in [2.75, 3.05) is 59.7 Å². The number of aliphatic imine (C=N–C) groups is 1. The molecule has 2 fully saturated rings. The minimum atomic E-state index is 0.341. The van der Waals surface area contributed by atoms with Crippen molar-refractivity contribution in [1.29, 1.82) is 0 Å². The number of hydrogen-bond acceptors (Lipinski definition) is 6. The molecule has 1 aromatic rings. The molecular weight excluding hydrogens is 382 g/mol. The van der Waals surface area contributed by atoms with E-state index in [4.69, 9.17) is 14.5 Å². The number of aromatic nitrogens is 3. The number of rotatable bonds is 11. The Morgan fingerprint density at radius 3 is 2.67 bits per heavy atom. The molecule has 0 amide bonds. The Hall–Kier alpha value is -1.71. The lowest BCUT2D eigenvalue weighted by atomic mass is 9.67. The lowest BCUT2D eigenvalue weighted by Gasteiger charge is -2.42. The third-order valence-electron chi connectivity index (χ3n) is 6.49. The topological polar surface area (TPSA) is 88.8 Å². The standard InChI is InChI=1S/C21H39N7O2/c1-18-25-26-19(27(18)2)16-23-20(22-9-5-10-28-11-14-30-15-12-28)24-17-21(6-4-7-21)8-13-29-3/h4-17H2,1-3H3,(H2,22,23,24). The molecule has 0 radical (unpaired) electrons. The SMILES string of the molecule is COCCC1(CNC(=NCc2nnc(C)n2C)NCCCN2CCOCC2)CCC1. The number of nitrogens with zero attached hydrogens (tertiary/aromatic N) is 5. The maximum Gasteiger partial charge on any atom is 0.191 e. The predicted octanol–water partition coefficient (Wildman–Crippen LogP) is 1.09. The number of morpholine rings is 1. The Kier molecular flexibility index (Phi) is 8.89. The van der Waals surface area contributed by atoms with Crippen LogP contribution in [0.4, 0.5) is 0 Å². The summed E-state index contributed by atoms with van der Waals surface area (Å²) in [6, 6.07) is 0. The van der Waals surface area contributed by atoms with Gasteiger partial charge in [0.15, 0.2) is 11.8 Å². The smallest absolute Gasteiger partial charge is 0.191 e. The normalized spacial score (nSPS) is 19.5. The van der Waals surface area contributed by atoms with E-state index in [1.165, 1.54) is 19.3 Å². The molecule has 0 atom stereocenters. The molecule has 0 spiro atoms. The van der Waals surface area contributed by atoms with E-state index in [-0.39, 0.29) is 0 Å². The fourth-order valence-corrected chi connectivity index (χ4v) is 4.03. The Balaban J connectivity index is 1.52. The highest BCUT2D eigenvalue weighted by Gasteiger charge is 2.36. The monoisotopic (exact) mass is 421 g/mol. The van der Waals surface area contributed by atoms with Gasteiger partial charge in [0.2, 0.25) is 0 Å². The Bertz CT molecular complexity index is 666. The zero-order chi connectivity index (χ0) is 21.2. The van der Waals surface area contributed by atoms with Crippen molar-refractivity contribution in [2.24, 2.45) is 17.5 Å². The van der Waals surface area contributed by atoms with Crippen LogP contribution in [0.15, 0.2) is 4.99 Å². The van der Waals surface area contributed by atoms with Gasteiger partial charge in [0.1, 0.15) is 12.4 Å². The van der Waals surface area contributed by atoms with Crippen LogP contribution in [0.5, 0.6) is 0 Å². The average molecular weight is 422 g/mol. The second-order valence-electron chi connectivity index (χ2n) is 8.57. The van der Waals surface area contributed by atoms with Crippen molar-refractivity contribution in [1.82, 2.24) is 30.3 Å². The number of ether oxygens (including phenoxy) is 2. The van der Waals surface area contributed by atoms with Crippen LogP contribution in [-0.4, -0.2) is 85.3 Å². The van der Waals surface area contributed by atoms with Gasteiger partial charge in [0.25, 0.3) is 0 Å². The zero-order valence-corrected chi connectivity index (χ0v) is 19.0. The van der Waals surface area contributed by atoms with Crippen LogP contribution in [0.1, 0.15) is 43.8 Å². The lowest BCUT2D eigenvalue weighted by Crippen LogP contribution is -2.47. The van der Waals surface area contributed by atoms with Crippen LogP contribution >= 0.6 is 0 Å². The number of nitrogens with one attached hydrogen (secondary N) is 2. The van der Waals surface area contributed by atoms with Crippen molar-refractivity contribution >= 4 is 5.96 Å². The fraction of sp³-hybridized carbons (Fsp3) is 0.857. The maximum atomic E-state index is 5.43. The molecule has 2 aliphatic rings. The van der Waals surface area contributed by atoms with Gasteiger partial charge in [-0.2, -0.15) is 0 Å². The van der Waals surface area contributed by atoms with Gasteiger partial charge in [-0.25, -0.2) is 4.99 Å². The number of guanidine groups is 1. The van der Waals surface area contributed by atoms with Gasteiger partial charge in [0.05, 0.1) is 13.2 Å². The molecule has 3 rings (SSSR count). The Morgan fingerprint density at radius 1 is 1.23 bits per heavy atom. The molecule has 2 heterocycles. The van der Waals surface area contributed by atoms with Gasteiger partial charge >= 0.3 is 0 Å². The summed E-state index contributed by atoms with van der Waals surface area (Å²) >= 11 is 0. The predicted molar refractivity (Wildman–Crippen MR) is 118 cm³/mol. The molecular formula is C21H39N7O2. The molecule has 0 aromatic carbocycles. The molecule has 2 N–H and O–H groups in total. The summed E-state index contributed by atoms with van der Waals surface area (Å²) in [7, 11) is 3.77. The molecule has 30 heavy (non-hydrogen) atoms. The van der Waals surface area contributed by atoms with E-state index in [0.717, 1.165) is 83.0 Å². The summed E-state index contributed by atoms with van der Waals surface area (Å²) < 4.78 is 12.8. The van der Waals surface area contributed by atoms with Gasteiger partial charge in [-0.05, 0) is 44.6 Å². The van der Waals surface area contributed by atoms with Crippen LogP contribution in [-0.2, 0) is 23.1 Å². The first kappa shape index (κ1) is 23.0. The van der Waals surface area contributed by atoms with E-state index < -0.39 is 0 Å². The summed E-state index contributed by atoms with van der Waals surface area (Å²) in [6.45, 7) is 9.98. The molecule has 0 bridgehead atoms. The van der Waals surface area contributed by atoms with E-state index in [9.17, 15) is 0 Å².